The Labute approximate surface area is 348 Å². The molecular weight excluding hydrogens is 838 g/mol. The van der Waals surface area contributed by atoms with Crippen molar-refractivity contribution >= 4 is 21.5 Å². The van der Waals surface area contributed by atoms with Crippen molar-refractivity contribution in [2.24, 2.45) is 0 Å². The van der Waals surface area contributed by atoms with E-state index in [0.29, 0.717) is 0 Å². The molecule has 0 saturated heterocycles. The summed E-state index contributed by atoms with van der Waals surface area (Å²) in [6, 6.07) is 40.8. The van der Waals surface area contributed by atoms with Gasteiger partial charge in [0.15, 0.2) is 0 Å². The fraction of sp³-hybridized carbons (Fsp3) is 0.347. The molecule has 280 valence electrons. The minimum absolute atomic E-state index is 0. The molecular formula is C49H60Cl2Hf-6. The average molecular weight is 898 g/mol. The normalized spacial score (nSPS) is 11.7. The van der Waals surface area contributed by atoms with Crippen molar-refractivity contribution in [3.8, 4) is 22.3 Å². The van der Waals surface area contributed by atoms with Crippen LogP contribution in [0.25, 0.3) is 43.8 Å². The van der Waals surface area contributed by atoms with Crippen LogP contribution in [0, 0.1) is 13.8 Å². The minimum atomic E-state index is 0. The van der Waals surface area contributed by atoms with E-state index in [2.05, 4.69) is 206 Å². The standard InChI is InChI=1S/2C23H27.C3H6.2ClH.Hf/c2*1-22(2,3)18-12-10-16(11-13-18)20-9-7-8-17-14-19(15-21(17)20)23(4,5)6;1-3-2;;;/h2*7-15H,1-6H3;1-3H2;2*1H;/q2*-1;-2;;;/p-2. The Balaban J connectivity index is 0.000000459. The number of benzene rings is 4. The molecule has 0 aliphatic carbocycles. The van der Waals surface area contributed by atoms with E-state index in [1.807, 2.05) is 0 Å². The van der Waals surface area contributed by atoms with Crippen LogP contribution in [0.1, 0.15) is 112 Å². The zero-order valence-corrected chi connectivity index (χ0v) is 38.9. The largest absolute Gasteiger partial charge is 1.00 e. The van der Waals surface area contributed by atoms with Gasteiger partial charge in [0.2, 0.25) is 0 Å². The van der Waals surface area contributed by atoms with E-state index in [9.17, 15) is 0 Å². The van der Waals surface area contributed by atoms with Gasteiger partial charge in [0, 0.05) is 25.8 Å². The van der Waals surface area contributed by atoms with E-state index in [4.69, 9.17) is 0 Å². The first kappa shape index (κ1) is 47.6. The molecule has 6 aromatic rings. The molecule has 0 nitrogen and oxygen atoms in total. The fourth-order valence-electron chi connectivity index (χ4n) is 6.14. The topological polar surface area (TPSA) is 0 Å². The third kappa shape index (κ3) is 11.8. The second-order valence-corrected chi connectivity index (χ2v) is 17.6. The Hall–Kier alpha value is -2.45. The molecule has 0 heterocycles. The van der Waals surface area contributed by atoms with Crippen LogP contribution in [0.15, 0.2) is 109 Å². The van der Waals surface area contributed by atoms with Crippen LogP contribution < -0.4 is 24.8 Å². The monoisotopic (exact) mass is 898 g/mol. The molecule has 0 aliphatic heterocycles. The molecule has 0 bridgehead atoms. The summed E-state index contributed by atoms with van der Waals surface area (Å²) in [4.78, 5) is 0. The number of halogens is 2. The van der Waals surface area contributed by atoms with E-state index >= 15 is 0 Å². The number of hydrogen-bond donors (Lipinski definition) is 0. The van der Waals surface area contributed by atoms with E-state index in [-0.39, 0.29) is 72.3 Å². The van der Waals surface area contributed by atoms with Gasteiger partial charge >= 0.3 is 0 Å². The molecule has 0 aliphatic rings. The predicted octanol–water partition coefficient (Wildman–Crippen LogP) is 8.69. The van der Waals surface area contributed by atoms with Crippen LogP contribution in [0.4, 0.5) is 0 Å². The maximum absolute atomic E-state index is 3.38. The molecule has 0 fully saturated rings. The van der Waals surface area contributed by atoms with Crippen LogP contribution >= 0.6 is 0 Å². The van der Waals surface area contributed by atoms with Gasteiger partial charge in [-0.15, -0.1) is 69.1 Å². The smallest absolute Gasteiger partial charge is 0 e. The average Bonchev–Trinajstić information content (AvgIpc) is 3.67. The van der Waals surface area contributed by atoms with Crippen LogP contribution in [-0.4, -0.2) is 0 Å². The molecule has 6 aromatic carbocycles. The van der Waals surface area contributed by atoms with E-state index in [0.717, 1.165) is 6.42 Å². The van der Waals surface area contributed by atoms with E-state index in [1.54, 1.807) is 0 Å². The van der Waals surface area contributed by atoms with Crippen molar-refractivity contribution in [1.82, 2.24) is 0 Å². The Kier molecular flexibility index (Phi) is 17.1. The van der Waals surface area contributed by atoms with Crippen LogP contribution in [0.5, 0.6) is 0 Å². The van der Waals surface area contributed by atoms with Crippen LogP contribution in [0.2, 0.25) is 0 Å². The maximum Gasteiger partial charge on any atom is 0 e. The first-order valence-corrected chi connectivity index (χ1v) is 17.9. The van der Waals surface area contributed by atoms with Gasteiger partial charge in [-0.25, -0.2) is 0 Å². The Morgan fingerprint density at radius 1 is 0.442 bits per heavy atom. The van der Waals surface area contributed by atoms with Crippen molar-refractivity contribution in [3.63, 3.8) is 0 Å². The van der Waals surface area contributed by atoms with Gasteiger partial charge in [-0.1, -0.05) is 155 Å². The number of rotatable bonds is 2. The number of fused-ring (bicyclic) bond motifs is 2. The SMILES string of the molecule is CC(C)(C)c1ccc(-c2cccc3[cH-]c(C(C)(C)C)cc23)cc1.CC(C)(C)c1ccc(-c2cccc3[cH-]c(C(C)(C)C)cc23)cc1.[CH2-]C[CH2-].[Cl-].[Cl-].[Hf]. The summed E-state index contributed by atoms with van der Waals surface area (Å²) < 4.78 is 0. The minimum Gasteiger partial charge on any atom is -1.00 e. The summed E-state index contributed by atoms with van der Waals surface area (Å²) in [5, 5.41) is 5.40. The van der Waals surface area contributed by atoms with E-state index in [1.165, 1.54) is 66.1 Å². The summed E-state index contributed by atoms with van der Waals surface area (Å²) >= 11 is 0. The van der Waals surface area contributed by atoms with Crippen LogP contribution in [0.3, 0.4) is 0 Å². The molecule has 0 radical (unpaired) electrons. The molecule has 0 N–H and O–H groups in total. The molecule has 0 aromatic heterocycles. The zero-order chi connectivity index (χ0) is 36.4. The van der Waals surface area contributed by atoms with Gasteiger partial charge in [-0.3, -0.25) is 0 Å². The molecule has 0 saturated carbocycles. The Morgan fingerprint density at radius 2 is 0.731 bits per heavy atom. The molecule has 3 heteroatoms. The summed E-state index contributed by atoms with van der Waals surface area (Å²) in [5.41, 5.74) is 11.6. The second-order valence-electron chi connectivity index (χ2n) is 17.6. The van der Waals surface area contributed by atoms with Crippen molar-refractivity contribution in [2.45, 2.75) is 111 Å². The van der Waals surface area contributed by atoms with Crippen LogP contribution in [-0.2, 0) is 47.5 Å². The molecule has 0 spiro atoms. The van der Waals surface area contributed by atoms with Crippen molar-refractivity contribution in [2.75, 3.05) is 0 Å². The summed E-state index contributed by atoms with van der Waals surface area (Å²) in [5.74, 6) is 0. The Morgan fingerprint density at radius 3 is 0.981 bits per heavy atom. The van der Waals surface area contributed by atoms with Gasteiger partial charge in [-0.2, -0.15) is 12.1 Å². The first-order chi connectivity index (χ1) is 22.7. The second kappa shape index (κ2) is 18.7. The predicted molar refractivity (Wildman–Crippen MR) is 220 cm³/mol. The van der Waals surface area contributed by atoms with Crippen molar-refractivity contribution in [1.29, 1.82) is 0 Å². The molecule has 0 unspecified atom stereocenters. The summed E-state index contributed by atoms with van der Waals surface area (Å²) in [6.45, 7) is 34.0. The van der Waals surface area contributed by atoms with Gasteiger partial charge < -0.3 is 45.1 Å². The van der Waals surface area contributed by atoms with Crippen molar-refractivity contribution in [3.05, 3.63) is 145 Å². The fourth-order valence-corrected chi connectivity index (χ4v) is 6.14. The zero-order valence-electron chi connectivity index (χ0n) is 33.8. The third-order valence-corrected chi connectivity index (χ3v) is 9.36. The third-order valence-electron chi connectivity index (χ3n) is 9.36. The van der Waals surface area contributed by atoms with Gasteiger partial charge in [0.05, 0.1) is 0 Å². The quantitative estimate of drug-likeness (QED) is 0.121. The molecule has 0 atom stereocenters. The maximum atomic E-state index is 3.38. The molecule has 6 rings (SSSR count). The number of hydrogen-bond acceptors (Lipinski definition) is 0. The summed E-state index contributed by atoms with van der Waals surface area (Å²) in [7, 11) is 0. The van der Waals surface area contributed by atoms with Crippen molar-refractivity contribution < 1.29 is 50.7 Å². The molecule has 52 heavy (non-hydrogen) atoms. The van der Waals surface area contributed by atoms with Gasteiger partial charge in [-0.05, 0) is 43.9 Å². The summed E-state index contributed by atoms with van der Waals surface area (Å²) in [6.07, 6.45) is 0.750. The van der Waals surface area contributed by atoms with Gasteiger partial charge in [0.25, 0.3) is 0 Å². The Bertz CT molecular complexity index is 1810. The van der Waals surface area contributed by atoms with E-state index < -0.39 is 0 Å². The van der Waals surface area contributed by atoms with Gasteiger partial charge in [0.1, 0.15) is 0 Å². The first-order valence-electron chi connectivity index (χ1n) is 17.9. The molecule has 0 amide bonds.